The standard InChI is InChI=1S/C12H21N3O3/c1-3-4-5-13(2)11(17)12(18)15-8-6-14(10-16)7-9-15/h10H,3-9H2,1-2H3. The maximum absolute atomic E-state index is 11.9. The zero-order chi connectivity index (χ0) is 13.5. The summed E-state index contributed by atoms with van der Waals surface area (Å²) in [5, 5.41) is 0. The summed E-state index contributed by atoms with van der Waals surface area (Å²) in [4.78, 5) is 38.9. The first-order valence-corrected chi connectivity index (χ1v) is 6.33. The highest BCUT2D eigenvalue weighted by Gasteiger charge is 2.27. The van der Waals surface area contributed by atoms with Crippen LogP contribution >= 0.6 is 0 Å². The highest BCUT2D eigenvalue weighted by molar-refractivity contribution is 6.34. The third-order valence-corrected chi connectivity index (χ3v) is 3.13. The number of carbonyl (C=O) groups excluding carboxylic acids is 3. The smallest absolute Gasteiger partial charge is 0.312 e. The molecule has 1 heterocycles. The van der Waals surface area contributed by atoms with Gasteiger partial charge in [-0.25, -0.2) is 0 Å². The van der Waals surface area contributed by atoms with Gasteiger partial charge in [0.1, 0.15) is 0 Å². The van der Waals surface area contributed by atoms with Gasteiger partial charge in [-0.2, -0.15) is 0 Å². The molecule has 3 amide bonds. The normalized spacial score (nSPS) is 15.4. The molecule has 0 aromatic heterocycles. The van der Waals surface area contributed by atoms with E-state index < -0.39 is 11.8 Å². The molecular weight excluding hydrogens is 234 g/mol. The summed E-state index contributed by atoms with van der Waals surface area (Å²) in [6.07, 6.45) is 2.66. The van der Waals surface area contributed by atoms with E-state index in [0.717, 1.165) is 19.3 Å². The quantitative estimate of drug-likeness (QED) is 0.505. The van der Waals surface area contributed by atoms with Crippen LogP contribution in [0.15, 0.2) is 0 Å². The highest BCUT2D eigenvalue weighted by atomic mass is 16.2. The van der Waals surface area contributed by atoms with Gasteiger partial charge in [0, 0.05) is 39.8 Å². The molecule has 0 aromatic carbocycles. The zero-order valence-corrected chi connectivity index (χ0v) is 11.1. The Hall–Kier alpha value is -1.59. The summed E-state index contributed by atoms with van der Waals surface area (Å²) < 4.78 is 0. The topological polar surface area (TPSA) is 60.9 Å². The molecule has 18 heavy (non-hydrogen) atoms. The fraction of sp³-hybridized carbons (Fsp3) is 0.750. The van der Waals surface area contributed by atoms with Crippen molar-refractivity contribution in [1.82, 2.24) is 14.7 Å². The van der Waals surface area contributed by atoms with Gasteiger partial charge < -0.3 is 14.7 Å². The van der Waals surface area contributed by atoms with Gasteiger partial charge in [0.25, 0.3) is 0 Å². The SMILES string of the molecule is CCCCN(C)C(=O)C(=O)N1CCN(C=O)CC1. The van der Waals surface area contributed by atoms with Gasteiger partial charge in [0.2, 0.25) is 6.41 Å². The molecule has 0 N–H and O–H groups in total. The Morgan fingerprint density at radius 2 is 1.83 bits per heavy atom. The van der Waals surface area contributed by atoms with Crippen LogP contribution in [0.4, 0.5) is 0 Å². The molecule has 0 spiro atoms. The molecule has 0 bridgehead atoms. The lowest BCUT2D eigenvalue weighted by molar-refractivity contribution is -0.152. The van der Waals surface area contributed by atoms with E-state index in [-0.39, 0.29) is 0 Å². The van der Waals surface area contributed by atoms with Crippen molar-refractivity contribution in [3.05, 3.63) is 0 Å². The number of hydrogen-bond acceptors (Lipinski definition) is 3. The fourth-order valence-corrected chi connectivity index (χ4v) is 1.83. The Kier molecular flexibility index (Phi) is 5.61. The molecule has 0 radical (unpaired) electrons. The van der Waals surface area contributed by atoms with Gasteiger partial charge in [-0.1, -0.05) is 13.3 Å². The van der Waals surface area contributed by atoms with Crippen molar-refractivity contribution in [1.29, 1.82) is 0 Å². The molecule has 0 aliphatic carbocycles. The van der Waals surface area contributed by atoms with Crippen molar-refractivity contribution in [3.8, 4) is 0 Å². The minimum absolute atomic E-state index is 0.435. The molecule has 1 aliphatic rings. The molecule has 1 fully saturated rings. The summed E-state index contributed by atoms with van der Waals surface area (Å²) in [6.45, 7) is 4.52. The Balaban J connectivity index is 2.44. The molecule has 102 valence electrons. The first-order valence-electron chi connectivity index (χ1n) is 6.33. The van der Waals surface area contributed by atoms with Crippen LogP contribution in [-0.4, -0.2) is 72.7 Å². The molecule has 0 aromatic rings. The molecule has 1 rings (SSSR count). The van der Waals surface area contributed by atoms with E-state index in [9.17, 15) is 14.4 Å². The van der Waals surface area contributed by atoms with Gasteiger partial charge in [-0.05, 0) is 6.42 Å². The monoisotopic (exact) mass is 255 g/mol. The third-order valence-electron chi connectivity index (χ3n) is 3.13. The van der Waals surface area contributed by atoms with E-state index >= 15 is 0 Å². The van der Waals surface area contributed by atoms with Gasteiger partial charge in [-0.15, -0.1) is 0 Å². The number of nitrogens with zero attached hydrogens (tertiary/aromatic N) is 3. The van der Waals surface area contributed by atoms with Gasteiger partial charge in [0.15, 0.2) is 0 Å². The van der Waals surface area contributed by atoms with Gasteiger partial charge >= 0.3 is 11.8 Å². The lowest BCUT2D eigenvalue weighted by Gasteiger charge is -2.32. The number of rotatable bonds is 4. The molecule has 1 saturated heterocycles. The summed E-state index contributed by atoms with van der Waals surface area (Å²) in [5.74, 6) is -0.915. The Morgan fingerprint density at radius 3 is 2.33 bits per heavy atom. The zero-order valence-electron chi connectivity index (χ0n) is 11.1. The first kappa shape index (κ1) is 14.5. The summed E-state index contributed by atoms with van der Waals surface area (Å²) in [6, 6.07) is 0. The Labute approximate surface area is 108 Å². The second-order valence-corrected chi connectivity index (χ2v) is 4.51. The summed E-state index contributed by atoms with van der Waals surface area (Å²) in [7, 11) is 1.65. The molecule has 6 nitrogen and oxygen atoms in total. The van der Waals surface area contributed by atoms with E-state index in [4.69, 9.17) is 0 Å². The van der Waals surface area contributed by atoms with E-state index in [2.05, 4.69) is 0 Å². The van der Waals surface area contributed by atoms with Crippen LogP contribution in [0.2, 0.25) is 0 Å². The lowest BCUT2D eigenvalue weighted by Crippen LogP contribution is -2.52. The van der Waals surface area contributed by atoms with E-state index in [1.54, 1.807) is 11.9 Å². The van der Waals surface area contributed by atoms with Crippen molar-refractivity contribution < 1.29 is 14.4 Å². The van der Waals surface area contributed by atoms with Crippen LogP contribution in [0.3, 0.4) is 0 Å². The number of amides is 3. The Morgan fingerprint density at radius 1 is 1.22 bits per heavy atom. The van der Waals surface area contributed by atoms with Crippen LogP contribution < -0.4 is 0 Å². The van der Waals surface area contributed by atoms with Crippen molar-refractivity contribution in [2.75, 3.05) is 39.8 Å². The number of piperazine rings is 1. The fourth-order valence-electron chi connectivity index (χ4n) is 1.83. The van der Waals surface area contributed by atoms with Crippen LogP contribution in [0, 0.1) is 0 Å². The maximum Gasteiger partial charge on any atom is 0.312 e. The van der Waals surface area contributed by atoms with Crippen LogP contribution in [0.25, 0.3) is 0 Å². The van der Waals surface area contributed by atoms with E-state index in [1.807, 2.05) is 6.92 Å². The molecule has 1 aliphatic heterocycles. The van der Waals surface area contributed by atoms with Crippen LogP contribution in [-0.2, 0) is 14.4 Å². The minimum atomic E-state index is -0.459. The number of unbranched alkanes of at least 4 members (excludes halogenated alkanes) is 1. The maximum atomic E-state index is 11.9. The van der Waals surface area contributed by atoms with Crippen molar-refractivity contribution in [2.24, 2.45) is 0 Å². The molecular formula is C12H21N3O3. The summed E-state index contributed by atoms with van der Waals surface area (Å²) in [5.41, 5.74) is 0. The van der Waals surface area contributed by atoms with E-state index in [0.29, 0.717) is 32.7 Å². The first-order chi connectivity index (χ1) is 8.60. The Bertz CT molecular complexity index is 312. The second kappa shape index (κ2) is 6.98. The number of likely N-dealkylation sites (N-methyl/N-ethyl adjacent to an activating group) is 1. The molecule has 6 heteroatoms. The lowest BCUT2D eigenvalue weighted by atomic mass is 10.3. The predicted molar refractivity (Wildman–Crippen MR) is 66.8 cm³/mol. The van der Waals surface area contributed by atoms with Crippen molar-refractivity contribution in [3.63, 3.8) is 0 Å². The molecule has 0 unspecified atom stereocenters. The minimum Gasteiger partial charge on any atom is -0.342 e. The number of carbonyl (C=O) groups is 3. The van der Waals surface area contributed by atoms with Crippen LogP contribution in [0.5, 0.6) is 0 Å². The molecule has 0 saturated carbocycles. The van der Waals surface area contributed by atoms with Gasteiger partial charge in [-0.3, -0.25) is 14.4 Å². The third kappa shape index (κ3) is 3.72. The van der Waals surface area contributed by atoms with Gasteiger partial charge in [0.05, 0.1) is 0 Å². The average Bonchev–Trinajstić information content (AvgIpc) is 2.43. The largest absolute Gasteiger partial charge is 0.342 e. The highest BCUT2D eigenvalue weighted by Crippen LogP contribution is 2.02. The predicted octanol–water partition coefficient (Wildman–Crippen LogP) is -0.454. The van der Waals surface area contributed by atoms with Crippen molar-refractivity contribution in [2.45, 2.75) is 19.8 Å². The average molecular weight is 255 g/mol. The van der Waals surface area contributed by atoms with Crippen molar-refractivity contribution >= 4 is 18.2 Å². The van der Waals surface area contributed by atoms with E-state index in [1.165, 1.54) is 9.80 Å². The second-order valence-electron chi connectivity index (χ2n) is 4.51. The van der Waals surface area contributed by atoms with Crippen LogP contribution in [0.1, 0.15) is 19.8 Å². The molecule has 0 atom stereocenters. The number of hydrogen-bond donors (Lipinski definition) is 0. The summed E-state index contributed by atoms with van der Waals surface area (Å²) >= 11 is 0.